The Labute approximate surface area is 162 Å². The molecule has 138 valence electrons. The van der Waals surface area contributed by atoms with Crippen molar-refractivity contribution in [1.29, 1.82) is 0 Å². The molecule has 0 radical (unpaired) electrons. The Morgan fingerprint density at radius 3 is 2.56 bits per heavy atom. The predicted molar refractivity (Wildman–Crippen MR) is 106 cm³/mol. The molecule has 0 aliphatic carbocycles. The molecule has 3 rings (SSSR count). The van der Waals surface area contributed by atoms with Crippen molar-refractivity contribution in [2.24, 2.45) is 0 Å². The lowest BCUT2D eigenvalue weighted by molar-refractivity contribution is 0.0779. The van der Waals surface area contributed by atoms with Gasteiger partial charge in [0.1, 0.15) is 17.3 Å². The predicted octanol–water partition coefficient (Wildman–Crippen LogP) is 4.15. The second-order valence-electron chi connectivity index (χ2n) is 5.91. The van der Waals surface area contributed by atoms with Gasteiger partial charge in [-0.1, -0.05) is 41.9 Å². The number of halogens is 1. The van der Waals surface area contributed by atoms with E-state index in [1.807, 2.05) is 36.4 Å². The minimum Gasteiger partial charge on any atom is -0.495 e. The number of amides is 1. The zero-order chi connectivity index (χ0) is 19.2. The smallest absolute Gasteiger partial charge is 0.274 e. The van der Waals surface area contributed by atoms with E-state index in [-0.39, 0.29) is 11.6 Å². The van der Waals surface area contributed by atoms with E-state index in [9.17, 15) is 4.79 Å². The van der Waals surface area contributed by atoms with Crippen LogP contribution in [0.1, 0.15) is 16.1 Å². The summed E-state index contributed by atoms with van der Waals surface area (Å²) >= 11 is 6.11. The molecular weight excluding hydrogens is 364 g/mol. The fourth-order valence-electron chi connectivity index (χ4n) is 2.52. The highest BCUT2D eigenvalue weighted by atomic mass is 35.5. The summed E-state index contributed by atoms with van der Waals surface area (Å²) in [6.07, 6.45) is 2.97. The number of nitrogens with zero attached hydrogens (tertiary/aromatic N) is 3. The molecule has 0 saturated carbocycles. The average molecular weight is 383 g/mol. The molecule has 6 nitrogen and oxygen atoms in total. The van der Waals surface area contributed by atoms with Crippen molar-refractivity contribution in [3.05, 3.63) is 77.2 Å². The first-order chi connectivity index (χ1) is 13.1. The molecule has 1 amide bonds. The summed E-state index contributed by atoms with van der Waals surface area (Å²) in [6.45, 7) is 0.506. The van der Waals surface area contributed by atoms with Crippen LogP contribution in [0, 0.1) is 0 Å². The third-order valence-corrected chi connectivity index (χ3v) is 4.20. The SMILES string of the molecule is COc1ccc(Nc2cnc(C(=O)N(C)Cc3ccccc3)cn2)cc1Cl. The lowest BCUT2D eigenvalue weighted by atomic mass is 10.2. The first-order valence-corrected chi connectivity index (χ1v) is 8.66. The summed E-state index contributed by atoms with van der Waals surface area (Å²) in [7, 11) is 3.30. The van der Waals surface area contributed by atoms with Crippen molar-refractivity contribution in [2.45, 2.75) is 6.54 Å². The molecule has 1 heterocycles. The van der Waals surface area contributed by atoms with E-state index in [0.29, 0.717) is 23.1 Å². The first kappa shape index (κ1) is 18.7. The van der Waals surface area contributed by atoms with Gasteiger partial charge in [0.25, 0.3) is 5.91 Å². The van der Waals surface area contributed by atoms with Gasteiger partial charge in [0, 0.05) is 19.3 Å². The monoisotopic (exact) mass is 382 g/mol. The maximum Gasteiger partial charge on any atom is 0.274 e. The van der Waals surface area contributed by atoms with Gasteiger partial charge in [0.15, 0.2) is 0 Å². The van der Waals surface area contributed by atoms with Gasteiger partial charge in [-0.2, -0.15) is 0 Å². The minimum atomic E-state index is -0.189. The second kappa shape index (κ2) is 8.51. The second-order valence-corrected chi connectivity index (χ2v) is 6.32. The molecule has 1 aromatic heterocycles. The van der Waals surface area contributed by atoms with Crippen LogP contribution in [0.25, 0.3) is 0 Å². The third-order valence-electron chi connectivity index (χ3n) is 3.90. The van der Waals surface area contributed by atoms with E-state index in [0.717, 1.165) is 11.3 Å². The first-order valence-electron chi connectivity index (χ1n) is 8.29. The number of hydrogen-bond donors (Lipinski definition) is 1. The highest BCUT2D eigenvalue weighted by Gasteiger charge is 2.14. The van der Waals surface area contributed by atoms with Gasteiger partial charge < -0.3 is 15.0 Å². The number of anilines is 2. The molecule has 1 N–H and O–H groups in total. The number of methoxy groups -OCH3 is 1. The van der Waals surface area contributed by atoms with Crippen LogP contribution in [0.2, 0.25) is 5.02 Å². The van der Waals surface area contributed by atoms with E-state index in [1.165, 1.54) is 12.4 Å². The van der Waals surface area contributed by atoms with Crippen LogP contribution in [-0.2, 0) is 6.54 Å². The van der Waals surface area contributed by atoms with Crippen LogP contribution in [0.3, 0.4) is 0 Å². The summed E-state index contributed by atoms with van der Waals surface area (Å²) in [5.74, 6) is 0.916. The highest BCUT2D eigenvalue weighted by molar-refractivity contribution is 6.32. The minimum absolute atomic E-state index is 0.189. The molecule has 0 bridgehead atoms. The van der Waals surface area contributed by atoms with Crippen LogP contribution >= 0.6 is 11.6 Å². The molecule has 0 unspecified atom stereocenters. The summed E-state index contributed by atoms with van der Waals surface area (Å²) in [5.41, 5.74) is 2.08. The van der Waals surface area contributed by atoms with Gasteiger partial charge in [0.05, 0.1) is 24.5 Å². The van der Waals surface area contributed by atoms with Gasteiger partial charge in [-0.3, -0.25) is 4.79 Å². The van der Waals surface area contributed by atoms with Crippen LogP contribution < -0.4 is 10.1 Å². The maximum atomic E-state index is 12.5. The number of carbonyl (C=O) groups excluding carboxylic acids is 1. The van der Waals surface area contributed by atoms with E-state index in [2.05, 4.69) is 15.3 Å². The van der Waals surface area contributed by atoms with Crippen molar-refractivity contribution in [2.75, 3.05) is 19.5 Å². The molecule has 0 fully saturated rings. The van der Waals surface area contributed by atoms with Crippen molar-refractivity contribution < 1.29 is 9.53 Å². The fourth-order valence-corrected chi connectivity index (χ4v) is 2.78. The average Bonchev–Trinajstić information content (AvgIpc) is 2.69. The maximum absolute atomic E-state index is 12.5. The van der Waals surface area contributed by atoms with Crippen molar-refractivity contribution >= 4 is 29.0 Å². The molecule has 0 spiro atoms. The van der Waals surface area contributed by atoms with Crippen LogP contribution in [0.5, 0.6) is 5.75 Å². The Kier molecular flexibility index (Phi) is 5.88. The molecule has 3 aromatic rings. The highest BCUT2D eigenvalue weighted by Crippen LogP contribution is 2.28. The summed E-state index contributed by atoms with van der Waals surface area (Å²) in [6, 6.07) is 15.1. The molecule has 0 atom stereocenters. The molecule has 0 saturated heterocycles. The number of hydrogen-bond acceptors (Lipinski definition) is 5. The van der Waals surface area contributed by atoms with Crippen LogP contribution in [0.15, 0.2) is 60.9 Å². The van der Waals surface area contributed by atoms with E-state index in [4.69, 9.17) is 16.3 Å². The Morgan fingerprint density at radius 2 is 1.93 bits per heavy atom. The molecule has 0 aliphatic heterocycles. The third kappa shape index (κ3) is 4.74. The van der Waals surface area contributed by atoms with Gasteiger partial charge in [-0.15, -0.1) is 0 Å². The molecular formula is C20H19ClN4O2. The number of nitrogens with one attached hydrogen (secondary N) is 1. The number of carbonyl (C=O) groups is 1. The zero-order valence-corrected chi connectivity index (χ0v) is 15.8. The van der Waals surface area contributed by atoms with Crippen LogP contribution in [0.4, 0.5) is 11.5 Å². The fraction of sp³-hybridized carbons (Fsp3) is 0.150. The lowest BCUT2D eigenvalue weighted by Gasteiger charge is -2.16. The van der Waals surface area contributed by atoms with Crippen LogP contribution in [-0.4, -0.2) is 34.9 Å². The summed E-state index contributed by atoms with van der Waals surface area (Å²) in [5, 5.41) is 3.58. The number of rotatable bonds is 6. The van der Waals surface area contributed by atoms with Crippen molar-refractivity contribution in [3.8, 4) is 5.75 Å². The van der Waals surface area contributed by atoms with E-state index in [1.54, 1.807) is 31.2 Å². The molecule has 0 aliphatic rings. The van der Waals surface area contributed by atoms with Gasteiger partial charge in [0.2, 0.25) is 0 Å². The summed E-state index contributed by atoms with van der Waals surface area (Å²) in [4.78, 5) is 22.6. The van der Waals surface area contributed by atoms with Gasteiger partial charge in [-0.05, 0) is 23.8 Å². The Morgan fingerprint density at radius 1 is 1.15 bits per heavy atom. The largest absolute Gasteiger partial charge is 0.495 e. The molecule has 7 heteroatoms. The quantitative estimate of drug-likeness (QED) is 0.693. The van der Waals surface area contributed by atoms with Gasteiger partial charge in [-0.25, -0.2) is 9.97 Å². The number of ether oxygens (including phenoxy) is 1. The van der Waals surface area contributed by atoms with E-state index >= 15 is 0 Å². The Balaban J connectivity index is 1.65. The van der Waals surface area contributed by atoms with Gasteiger partial charge >= 0.3 is 0 Å². The van der Waals surface area contributed by atoms with Crippen molar-refractivity contribution in [3.63, 3.8) is 0 Å². The Bertz CT molecular complexity index is 917. The standard InChI is InChI=1S/C20H19ClN4O2/c1-25(13-14-6-4-3-5-7-14)20(26)17-11-23-19(12-22-17)24-15-8-9-18(27-2)16(21)10-15/h3-12H,13H2,1-2H3,(H,23,24). The number of aromatic nitrogens is 2. The summed E-state index contributed by atoms with van der Waals surface area (Å²) < 4.78 is 5.13. The Hall–Kier alpha value is -3.12. The lowest BCUT2D eigenvalue weighted by Crippen LogP contribution is -2.27. The van der Waals surface area contributed by atoms with Crippen molar-refractivity contribution in [1.82, 2.24) is 14.9 Å². The number of benzene rings is 2. The topological polar surface area (TPSA) is 67.3 Å². The van der Waals surface area contributed by atoms with E-state index < -0.39 is 0 Å². The molecule has 2 aromatic carbocycles. The molecule has 27 heavy (non-hydrogen) atoms. The normalized spacial score (nSPS) is 10.3. The zero-order valence-electron chi connectivity index (χ0n) is 15.0.